The molecule has 2 rings (SSSR count). The highest BCUT2D eigenvalue weighted by Gasteiger charge is 2.39. The summed E-state index contributed by atoms with van der Waals surface area (Å²) >= 11 is 6.43. The lowest BCUT2D eigenvalue weighted by Gasteiger charge is -2.36. The number of halogens is 1. The zero-order chi connectivity index (χ0) is 30.7. The summed E-state index contributed by atoms with van der Waals surface area (Å²) in [6.07, 6.45) is 3.35. The molecule has 0 bridgehead atoms. The van der Waals surface area contributed by atoms with Crippen molar-refractivity contribution in [1.29, 1.82) is 0 Å². The van der Waals surface area contributed by atoms with Gasteiger partial charge in [0.05, 0.1) is 10.7 Å². The summed E-state index contributed by atoms with van der Waals surface area (Å²) in [5.41, 5.74) is 0.715. The van der Waals surface area contributed by atoms with Crippen molar-refractivity contribution in [2.45, 2.75) is 98.3 Å². The quantitative estimate of drug-likeness (QED) is 0.212. The van der Waals surface area contributed by atoms with Crippen molar-refractivity contribution in [3.05, 3.63) is 58.6 Å². The molecule has 3 atom stereocenters. The predicted octanol–water partition coefficient (Wildman–Crippen LogP) is 7.38. The minimum Gasteiger partial charge on any atom is -0.508 e. The Labute approximate surface area is 249 Å². The van der Waals surface area contributed by atoms with Gasteiger partial charge in [-0.25, -0.2) is 4.79 Å². The molecule has 3 amide bonds. The van der Waals surface area contributed by atoms with Gasteiger partial charge >= 0.3 is 6.09 Å². The molecule has 0 saturated heterocycles. The van der Waals surface area contributed by atoms with Crippen molar-refractivity contribution < 1.29 is 24.2 Å². The fraction of sp³-hybridized carbons (Fsp3) is 0.531. The van der Waals surface area contributed by atoms with Crippen molar-refractivity contribution in [2.24, 2.45) is 5.92 Å². The third-order valence-electron chi connectivity index (χ3n) is 6.95. The number of benzene rings is 2. The third kappa shape index (κ3) is 9.95. The van der Waals surface area contributed by atoms with Gasteiger partial charge in [0.1, 0.15) is 23.4 Å². The first-order valence-electron chi connectivity index (χ1n) is 14.4. The normalized spacial score (nSPS) is 13.6. The number of phenolic OH excluding ortho intramolecular Hbond substituents is 1. The van der Waals surface area contributed by atoms with Crippen LogP contribution in [0.2, 0.25) is 5.02 Å². The number of nitrogens with zero attached hydrogens (tertiary/aromatic N) is 1. The number of aryl methyl sites for hydroxylation is 1. The van der Waals surface area contributed by atoms with Crippen LogP contribution in [0.5, 0.6) is 5.75 Å². The molecule has 8 nitrogen and oxygen atoms in total. The fourth-order valence-electron chi connectivity index (χ4n) is 4.52. The number of para-hydroxylation sites is 2. The van der Waals surface area contributed by atoms with Crippen LogP contribution in [-0.4, -0.2) is 46.1 Å². The Hall–Kier alpha value is -3.26. The van der Waals surface area contributed by atoms with E-state index >= 15 is 0 Å². The average Bonchev–Trinajstić information content (AvgIpc) is 2.90. The Bertz CT molecular complexity index is 1160. The van der Waals surface area contributed by atoms with Crippen LogP contribution in [0.3, 0.4) is 0 Å². The molecule has 2 aromatic carbocycles. The Morgan fingerprint density at radius 3 is 2.29 bits per heavy atom. The van der Waals surface area contributed by atoms with Gasteiger partial charge in [0.2, 0.25) is 5.91 Å². The largest absolute Gasteiger partial charge is 0.508 e. The summed E-state index contributed by atoms with van der Waals surface area (Å²) in [5.74, 6) is -1.32. The van der Waals surface area contributed by atoms with Gasteiger partial charge in [0.25, 0.3) is 5.91 Å². The zero-order valence-electron chi connectivity index (χ0n) is 25.4. The van der Waals surface area contributed by atoms with Gasteiger partial charge in [-0.2, -0.15) is 0 Å². The van der Waals surface area contributed by atoms with E-state index in [2.05, 4.69) is 17.6 Å². The smallest absolute Gasteiger partial charge is 0.408 e. The van der Waals surface area contributed by atoms with E-state index in [-0.39, 0.29) is 23.8 Å². The standard InChI is InChI=1S/C32H46ClN3O5/c1-8-10-11-14-20-36(30(39)27(21(3)9-2)35-31(40)41-32(5,6)7)28(23-17-12-13-19-25(23)37)29(38)34-26-22(4)16-15-18-24(26)33/h12-13,15-19,21,27-28,37H,8-11,14,20H2,1-7H3,(H,34,38)(H,35,40). The predicted molar refractivity (Wildman–Crippen MR) is 164 cm³/mol. The molecule has 41 heavy (non-hydrogen) atoms. The van der Waals surface area contributed by atoms with Crippen LogP contribution in [0, 0.1) is 12.8 Å². The maximum absolute atomic E-state index is 14.4. The highest BCUT2D eigenvalue weighted by Crippen LogP contribution is 2.33. The van der Waals surface area contributed by atoms with E-state index in [0.29, 0.717) is 23.6 Å². The molecule has 0 fully saturated rings. The second-order valence-corrected chi connectivity index (χ2v) is 11.9. The van der Waals surface area contributed by atoms with Crippen LogP contribution in [0.1, 0.15) is 90.8 Å². The summed E-state index contributed by atoms with van der Waals surface area (Å²) in [7, 11) is 0. The lowest BCUT2D eigenvalue weighted by molar-refractivity contribution is -0.142. The number of alkyl carbamates (subject to hydrolysis) is 1. The first-order valence-corrected chi connectivity index (χ1v) is 14.8. The molecular weight excluding hydrogens is 542 g/mol. The summed E-state index contributed by atoms with van der Waals surface area (Å²) in [6, 6.07) is 9.64. The molecule has 3 unspecified atom stereocenters. The van der Waals surface area contributed by atoms with Gasteiger partial charge < -0.3 is 25.4 Å². The molecule has 2 aromatic rings. The van der Waals surface area contributed by atoms with E-state index < -0.39 is 35.6 Å². The van der Waals surface area contributed by atoms with Crippen LogP contribution >= 0.6 is 11.6 Å². The molecule has 0 aromatic heterocycles. The monoisotopic (exact) mass is 587 g/mol. The second kappa shape index (κ2) is 15.7. The molecular formula is C32H46ClN3O5. The first-order chi connectivity index (χ1) is 19.3. The highest BCUT2D eigenvalue weighted by molar-refractivity contribution is 6.34. The number of carbonyl (C=O) groups excluding carboxylic acids is 3. The average molecular weight is 588 g/mol. The van der Waals surface area contributed by atoms with E-state index in [1.807, 2.05) is 26.8 Å². The third-order valence-corrected chi connectivity index (χ3v) is 7.26. The van der Waals surface area contributed by atoms with E-state index in [9.17, 15) is 19.5 Å². The summed E-state index contributed by atoms with van der Waals surface area (Å²) in [5, 5.41) is 16.9. The van der Waals surface area contributed by atoms with Crippen LogP contribution in [0.15, 0.2) is 42.5 Å². The van der Waals surface area contributed by atoms with Gasteiger partial charge in [-0.15, -0.1) is 0 Å². The Morgan fingerprint density at radius 1 is 1.02 bits per heavy atom. The zero-order valence-corrected chi connectivity index (χ0v) is 26.2. The summed E-state index contributed by atoms with van der Waals surface area (Å²) in [6.45, 7) is 13.2. The second-order valence-electron chi connectivity index (χ2n) is 11.5. The Morgan fingerprint density at radius 2 is 1.71 bits per heavy atom. The van der Waals surface area contributed by atoms with Crippen molar-refractivity contribution in [2.75, 3.05) is 11.9 Å². The summed E-state index contributed by atoms with van der Waals surface area (Å²) < 4.78 is 5.47. The molecule has 0 aliphatic carbocycles. The minimum atomic E-state index is -1.19. The van der Waals surface area contributed by atoms with Gasteiger partial charge in [-0.1, -0.05) is 88.4 Å². The highest BCUT2D eigenvalue weighted by atomic mass is 35.5. The molecule has 0 aliphatic heterocycles. The number of ether oxygens (including phenoxy) is 1. The number of aromatic hydroxyl groups is 1. The van der Waals surface area contributed by atoms with Gasteiger partial charge in [0, 0.05) is 12.1 Å². The number of nitrogens with one attached hydrogen (secondary N) is 2. The maximum atomic E-state index is 14.4. The number of carbonyl (C=O) groups is 3. The Balaban J connectivity index is 2.61. The minimum absolute atomic E-state index is 0.116. The van der Waals surface area contributed by atoms with Crippen LogP contribution in [0.25, 0.3) is 0 Å². The fourth-order valence-corrected chi connectivity index (χ4v) is 4.79. The molecule has 9 heteroatoms. The van der Waals surface area contributed by atoms with E-state index in [0.717, 1.165) is 24.8 Å². The van der Waals surface area contributed by atoms with Crippen molar-refractivity contribution >= 4 is 35.2 Å². The maximum Gasteiger partial charge on any atom is 0.408 e. The number of hydrogen-bond donors (Lipinski definition) is 3. The van der Waals surface area contributed by atoms with E-state index in [1.165, 1.54) is 11.0 Å². The first kappa shape index (κ1) is 33.9. The number of hydrogen-bond acceptors (Lipinski definition) is 5. The molecule has 3 N–H and O–H groups in total. The van der Waals surface area contributed by atoms with E-state index in [1.54, 1.807) is 51.1 Å². The molecule has 0 heterocycles. The molecule has 0 saturated carbocycles. The molecule has 0 aliphatic rings. The van der Waals surface area contributed by atoms with Crippen molar-refractivity contribution in [1.82, 2.24) is 10.2 Å². The van der Waals surface area contributed by atoms with Gasteiger partial charge in [-0.05, 0) is 57.7 Å². The molecule has 0 radical (unpaired) electrons. The topological polar surface area (TPSA) is 108 Å². The van der Waals surface area contributed by atoms with Crippen LogP contribution < -0.4 is 10.6 Å². The lowest BCUT2D eigenvalue weighted by atomic mass is 9.95. The number of rotatable bonds is 13. The number of anilines is 1. The number of amides is 3. The van der Waals surface area contributed by atoms with Crippen LogP contribution in [0.4, 0.5) is 10.5 Å². The molecule has 226 valence electrons. The Kier molecular flexibility index (Phi) is 13.0. The number of unbranched alkanes of at least 4 members (excludes halogenated alkanes) is 3. The summed E-state index contributed by atoms with van der Waals surface area (Å²) in [4.78, 5) is 42.8. The van der Waals surface area contributed by atoms with Crippen molar-refractivity contribution in [3.8, 4) is 5.75 Å². The lowest BCUT2D eigenvalue weighted by Crippen LogP contribution is -2.55. The number of phenols is 1. The molecule has 0 spiro atoms. The van der Waals surface area contributed by atoms with E-state index in [4.69, 9.17) is 16.3 Å². The SMILES string of the molecule is CCCCCCN(C(=O)C(NC(=O)OC(C)(C)C)C(C)CC)C(C(=O)Nc1c(C)cccc1Cl)c1ccccc1O. The van der Waals surface area contributed by atoms with Gasteiger partial charge in [-0.3, -0.25) is 9.59 Å². The van der Waals surface area contributed by atoms with Gasteiger partial charge in [0.15, 0.2) is 0 Å². The van der Waals surface area contributed by atoms with Crippen molar-refractivity contribution in [3.63, 3.8) is 0 Å². The van der Waals surface area contributed by atoms with Crippen LogP contribution in [-0.2, 0) is 14.3 Å².